The van der Waals surface area contributed by atoms with E-state index in [4.69, 9.17) is 11.5 Å². The van der Waals surface area contributed by atoms with Gasteiger partial charge in [0.15, 0.2) is 0 Å². The number of allylic oxidation sites excluding steroid dienone is 1. The van der Waals surface area contributed by atoms with Crippen LogP contribution in [0.4, 0.5) is 0 Å². The molecular weight excluding hydrogens is 338 g/mol. The van der Waals surface area contributed by atoms with Gasteiger partial charge >= 0.3 is 0 Å². The quantitative estimate of drug-likeness (QED) is 0.548. The maximum Gasteiger partial charge on any atom is 0.236 e. The number of hydrogen-bond acceptors (Lipinski definition) is 4. The molecule has 1 aromatic rings. The molecular formula is C22H31N3O2. The first-order valence-electron chi connectivity index (χ1n) is 9.43. The zero-order valence-corrected chi connectivity index (χ0v) is 16.3. The van der Waals surface area contributed by atoms with Crippen LogP contribution in [0, 0.1) is 17.8 Å². The third-order valence-electron chi connectivity index (χ3n) is 4.47. The minimum Gasteiger partial charge on any atom is -0.368 e. The van der Waals surface area contributed by atoms with Crippen molar-refractivity contribution in [3.05, 3.63) is 41.5 Å². The molecule has 1 aliphatic carbocycles. The Morgan fingerprint density at radius 1 is 1.19 bits per heavy atom. The number of aldehydes is 1. The van der Waals surface area contributed by atoms with E-state index in [2.05, 4.69) is 17.2 Å². The highest BCUT2D eigenvalue weighted by atomic mass is 16.1. The summed E-state index contributed by atoms with van der Waals surface area (Å²) in [5, 5.41) is 2.70. The van der Waals surface area contributed by atoms with Crippen LogP contribution in [0.25, 0.3) is 6.08 Å². The number of carbonyl (C=O) groups is 2. The van der Waals surface area contributed by atoms with Crippen LogP contribution in [-0.4, -0.2) is 31.3 Å². The third kappa shape index (κ3) is 9.18. The van der Waals surface area contributed by atoms with E-state index in [1.165, 1.54) is 32.1 Å². The van der Waals surface area contributed by atoms with Gasteiger partial charge in [-0.15, -0.1) is 0 Å². The summed E-state index contributed by atoms with van der Waals surface area (Å²) in [5.41, 5.74) is 12.1. The number of nitrogens with two attached hydrogens (primary N) is 2. The topological polar surface area (TPSA) is 98.2 Å². The molecule has 2 atom stereocenters. The lowest BCUT2D eigenvalue weighted by Gasteiger charge is -2.15. The van der Waals surface area contributed by atoms with Gasteiger partial charge in [-0.05, 0) is 44.5 Å². The molecule has 5 heteroatoms. The lowest BCUT2D eigenvalue weighted by Crippen LogP contribution is -2.50. The number of carbonyl (C=O) groups excluding carboxylic acids is 2. The summed E-state index contributed by atoms with van der Waals surface area (Å²) in [5.74, 6) is 6.64. The minimum absolute atomic E-state index is 0.229. The molecule has 1 aliphatic rings. The zero-order valence-electron chi connectivity index (χ0n) is 16.3. The fourth-order valence-corrected chi connectivity index (χ4v) is 2.90. The second-order valence-corrected chi connectivity index (χ2v) is 6.77. The maximum atomic E-state index is 10.5. The Balaban J connectivity index is 0.000000345. The summed E-state index contributed by atoms with van der Waals surface area (Å²) in [4.78, 5) is 21.0. The van der Waals surface area contributed by atoms with Crippen LogP contribution >= 0.6 is 0 Å². The lowest BCUT2D eigenvalue weighted by atomic mass is 9.90. The summed E-state index contributed by atoms with van der Waals surface area (Å²) in [6, 6.07) is 6.87. The molecule has 0 aliphatic heterocycles. The SMILES string of the molecule is CNC(C(N)=O)C(C)N.O=Cc1ccc(/C=C/C#CC2CCCCC2)cc1. The van der Waals surface area contributed by atoms with Crippen molar-refractivity contribution >= 4 is 18.3 Å². The molecule has 2 rings (SSSR count). The Morgan fingerprint density at radius 2 is 1.78 bits per heavy atom. The molecule has 1 fully saturated rings. The van der Waals surface area contributed by atoms with Crippen LogP contribution in [0.15, 0.2) is 30.3 Å². The van der Waals surface area contributed by atoms with Crippen LogP contribution in [0.5, 0.6) is 0 Å². The minimum atomic E-state index is -0.412. The predicted molar refractivity (Wildman–Crippen MR) is 111 cm³/mol. The Labute approximate surface area is 162 Å². The molecule has 27 heavy (non-hydrogen) atoms. The van der Waals surface area contributed by atoms with Crippen molar-refractivity contribution < 1.29 is 9.59 Å². The average molecular weight is 370 g/mol. The largest absolute Gasteiger partial charge is 0.368 e. The van der Waals surface area contributed by atoms with Gasteiger partial charge in [0.2, 0.25) is 5.91 Å². The first kappa shape index (κ1) is 22.6. The van der Waals surface area contributed by atoms with Gasteiger partial charge in [-0.3, -0.25) is 9.59 Å². The van der Waals surface area contributed by atoms with E-state index in [9.17, 15) is 9.59 Å². The van der Waals surface area contributed by atoms with Crippen LogP contribution in [0.2, 0.25) is 0 Å². The first-order chi connectivity index (χ1) is 13.0. The maximum absolute atomic E-state index is 10.5. The van der Waals surface area contributed by atoms with E-state index >= 15 is 0 Å². The van der Waals surface area contributed by atoms with Gasteiger partial charge in [0.05, 0.1) is 0 Å². The molecule has 5 N–H and O–H groups in total. The van der Waals surface area contributed by atoms with Gasteiger partial charge < -0.3 is 16.8 Å². The highest BCUT2D eigenvalue weighted by Crippen LogP contribution is 2.22. The smallest absolute Gasteiger partial charge is 0.236 e. The number of amides is 1. The number of primary amides is 1. The van der Waals surface area contributed by atoms with Crippen LogP contribution in [-0.2, 0) is 4.79 Å². The molecule has 0 heterocycles. The van der Waals surface area contributed by atoms with Crippen molar-refractivity contribution in [3.63, 3.8) is 0 Å². The fourth-order valence-electron chi connectivity index (χ4n) is 2.90. The van der Waals surface area contributed by atoms with E-state index in [0.29, 0.717) is 11.5 Å². The van der Waals surface area contributed by atoms with Crippen molar-refractivity contribution in [1.82, 2.24) is 5.32 Å². The molecule has 1 aromatic carbocycles. The summed E-state index contributed by atoms with van der Waals surface area (Å²) in [6.45, 7) is 1.73. The first-order valence-corrected chi connectivity index (χ1v) is 9.43. The van der Waals surface area contributed by atoms with E-state index < -0.39 is 11.9 Å². The Bertz CT molecular complexity index is 663. The molecule has 1 amide bonds. The number of nitrogens with one attached hydrogen (secondary N) is 1. The fraction of sp³-hybridized carbons (Fsp3) is 0.455. The standard InChI is InChI=1S/C17H18O.C5H13N3O/c18-14-17-12-10-16(11-13-17)9-5-4-8-15-6-2-1-3-7-15;1-3(6)4(8-2)5(7)9/h5,9-15H,1-3,6-7H2;3-4,8H,6H2,1-2H3,(H2,7,9)/b9-5+;. The normalized spacial score (nSPS) is 16.4. The second kappa shape index (κ2) is 12.9. The van der Waals surface area contributed by atoms with Crippen LogP contribution in [0.3, 0.4) is 0 Å². The second-order valence-electron chi connectivity index (χ2n) is 6.77. The van der Waals surface area contributed by atoms with Crippen LogP contribution in [0.1, 0.15) is 54.9 Å². The molecule has 1 saturated carbocycles. The number of rotatable bonds is 5. The highest BCUT2D eigenvalue weighted by molar-refractivity contribution is 5.80. The zero-order chi connectivity index (χ0) is 20.1. The Morgan fingerprint density at radius 3 is 2.22 bits per heavy atom. The third-order valence-corrected chi connectivity index (χ3v) is 4.47. The van der Waals surface area contributed by atoms with E-state index in [1.807, 2.05) is 36.4 Å². The monoisotopic (exact) mass is 369 g/mol. The number of benzene rings is 1. The average Bonchev–Trinajstić information content (AvgIpc) is 2.67. The summed E-state index contributed by atoms with van der Waals surface area (Å²) < 4.78 is 0. The van der Waals surface area contributed by atoms with Gasteiger partial charge in [0.1, 0.15) is 12.3 Å². The number of likely N-dealkylation sites (N-methyl/N-ethyl adjacent to an activating group) is 1. The van der Waals surface area contributed by atoms with Gasteiger partial charge in [0, 0.05) is 17.5 Å². The molecule has 0 saturated heterocycles. The molecule has 5 nitrogen and oxygen atoms in total. The van der Waals surface area contributed by atoms with Crippen molar-refractivity contribution in [1.29, 1.82) is 0 Å². The summed E-state index contributed by atoms with van der Waals surface area (Å²) >= 11 is 0. The predicted octanol–water partition coefficient (Wildman–Crippen LogP) is 2.50. The van der Waals surface area contributed by atoms with Crippen molar-refractivity contribution in [2.24, 2.45) is 17.4 Å². The molecule has 2 unspecified atom stereocenters. The summed E-state index contributed by atoms with van der Waals surface area (Å²) in [6.07, 6.45) is 11.3. The van der Waals surface area contributed by atoms with Gasteiger partial charge in [-0.1, -0.05) is 55.4 Å². The van der Waals surface area contributed by atoms with Crippen LogP contribution < -0.4 is 16.8 Å². The van der Waals surface area contributed by atoms with E-state index in [-0.39, 0.29) is 6.04 Å². The van der Waals surface area contributed by atoms with Crippen molar-refractivity contribution in [2.45, 2.75) is 51.1 Å². The molecule has 146 valence electrons. The molecule has 0 radical (unpaired) electrons. The van der Waals surface area contributed by atoms with E-state index in [0.717, 1.165) is 11.8 Å². The summed E-state index contributed by atoms with van der Waals surface area (Å²) in [7, 11) is 1.65. The molecule has 0 bridgehead atoms. The van der Waals surface area contributed by atoms with Gasteiger partial charge in [-0.2, -0.15) is 0 Å². The van der Waals surface area contributed by atoms with E-state index in [1.54, 1.807) is 14.0 Å². The Hall–Kier alpha value is -2.42. The number of hydrogen-bond donors (Lipinski definition) is 3. The lowest BCUT2D eigenvalue weighted by molar-refractivity contribution is -0.120. The molecule has 0 spiro atoms. The van der Waals surface area contributed by atoms with Crippen molar-refractivity contribution in [3.8, 4) is 11.8 Å². The highest BCUT2D eigenvalue weighted by Gasteiger charge is 2.16. The Kier molecular flexibility index (Phi) is 10.8. The van der Waals surface area contributed by atoms with Gasteiger partial charge in [0.25, 0.3) is 0 Å². The van der Waals surface area contributed by atoms with Gasteiger partial charge in [-0.25, -0.2) is 0 Å². The molecule has 0 aromatic heterocycles. The van der Waals surface area contributed by atoms with Crippen molar-refractivity contribution in [2.75, 3.05) is 7.05 Å².